The van der Waals surface area contributed by atoms with Crippen molar-refractivity contribution in [3.8, 4) is 0 Å². The largest absolute Gasteiger partial charge is 0.398 e. The third kappa shape index (κ3) is 2.77. The Bertz CT molecular complexity index is 345. The molecule has 0 spiro atoms. The zero-order chi connectivity index (χ0) is 11.5. The molecule has 2 nitrogen and oxygen atoms in total. The van der Waals surface area contributed by atoms with Crippen LogP contribution in [0.4, 0.5) is 5.69 Å². The summed E-state index contributed by atoms with van der Waals surface area (Å²) in [6.07, 6.45) is 2.67. The van der Waals surface area contributed by atoms with Crippen molar-refractivity contribution in [1.82, 2.24) is 4.90 Å². The first-order chi connectivity index (χ1) is 7.66. The van der Waals surface area contributed by atoms with Gasteiger partial charge in [-0.05, 0) is 37.4 Å². The van der Waals surface area contributed by atoms with E-state index >= 15 is 0 Å². The molecule has 2 rings (SSSR count). The van der Waals surface area contributed by atoms with Crippen LogP contribution in [0.2, 0.25) is 0 Å². The van der Waals surface area contributed by atoms with Gasteiger partial charge >= 0.3 is 0 Å². The van der Waals surface area contributed by atoms with Gasteiger partial charge in [-0.15, -0.1) is 0 Å². The van der Waals surface area contributed by atoms with Gasteiger partial charge in [0.25, 0.3) is 0 Å². The summed E-state index contributed by atoms with van der Waals surface area (Å²) in [5.74, 6) is 0.817. The molecule has 3 heteroatoms. The summed E-state index contributed by atoms with van der Waals surface area (Å²) in [7, 11) is 0. The Morgan fingerprint density at radius 2 is 2.31 bits per heavy atom. The topological polar surface area (TPSA) is 29.3 Å². The van der Waals surface area contributed by atoms with E-state index in [0.717, 1.165) is 22.6 Å². The molecule has 1 unspecified atom stereocenters. The summed E-state index contributed by atoms with van der Waals surface area (Å²) in [6, 6.07) is 6.04. The number of likely N-dealkylation sites (tertiary alicyclic amines) is 1. The molecular formula is C13H19BrN2. The summed E-state index contributed by atoms with van der Waals surface area (Å²) in [5, 5.41) is 0. The van der Waals surface area contributed by atoms with Crippen molar-refractivity contribution >= 4 is 21.6 Å². The van der Waals surface area contributed by atoms with E-state index in [2.05, 4.69) is 33.8 Å². The molecule has 1 aliphatic rings. The Morgan fingerprint density at radius 1 is 1.50 bits per heavy atom. The molecule has 1 aromatic carbocycles. The van der Waals surface area contributed by atoms with Crippen LogP contribution in [0.1, 0.15) is 25.3 Å². The third-order valence-corrected chi connectivity index (χ3v) is 4.02. The molecule has 1 aliphatic heterocycles. The second kappa shape index (κ2) is 5.19. The van der Waals surface area contributed by atoms with Gasteiger partial charge in [-0.3, -0.25) is 4.90 Å². The van der Waals surface area contributed by atoms with Crippen LogP contribution < -0.4 is 5.73 Å². The van der Waals surface area contributed by atoms with Gasteiger partial charge in [0, 0.05) is 28.8 Å². The molecule has 1 aromatic rings. The van der Waals surface area contributed by atoms with Gasteiger partial charge in [-0.25, -0.2) is 0 Å². The number of nitrogen functional groups attached to an aromatic ring is 1. The second-order valence-electron chi connectivity index (χ2n) is 4.79. The highest BCUT2D eigenvalue weighted by atomic mass is 79.9. The monoisotopic (exact) mass is 282 g/mol. The van der Waals surface area contributed by atoms with Crippen molar-refractivity contribution in [3.05, 3.63) is 28.2 Å². The fourth-order valence-electron chi connectivity index (χ4n) is 2.40. The van der Waals surface area contributed by atoms with Crippen LogP contribution in [0.15, 0.2) is 22.7 Å². The van der Waals surface area contributed by atoms with E-state index in [1.165, 1.54) is 31.5 Å². The number of nitrogens with zero attached hydrogens (tertiary/aromatic N) is 1. The molecule has 0 aliphatic carbocycles. The van der Waals surface area contributed by atoms with Crippen molar-refractivity contribution in [2.24, 2.45) is 5.92 Å². The van der Waals surface area contributed by atoms with Crippen LogP contribution in [-0.4, -0.2) is 18.0 Å². The average Bonchev–Trinajstić information content (AvgIpc) is 2.24. The van der Waals surface area contributed by atoms with Gasteiger partial charge in [-0.1, -0.05) is 28.9 Å². The number of hydrogen-bond donors (Lipinski definition) is 1. The van der Waals surface area contributed by atoms with Crippen molar-refractivity contribution in [2.75, 3.05) is 18.8 Å². The van der Waals surface area contributed by atoms with Gasteiger partial charge < -0.3 is 5.73 Å². The van der Waals surface area contributed by atoms with Gasteiger partial charge in [0.1, 0.15) is 0 Å². The lowest BCUT2D eigenvalue weighted by Gasteiger charge is -2.31. The Kier molecular flexibility index (Phi) is 3.87. The Morgan fingerprint density at radius 3 is 3.00 bits per heavy atom. The minimum atomic E-state index is 0.817. The van der Waals surface area contributed by atoms with Crippen LogP contribution in [0.5, 0.6) is 0 Å². The molecule has 0 bridgehead atoms. The molecule has 16 heavy (non-hydrogen) atoms. The van der Waals surface area contributed by atoms with Crippen LogP contribution in [0, 0.1) is 5.92 Å². The first-order valence-corrected chi connectivity index (χ1v) is 6.71. The number of piperidine rings is 1. The highest BCUT2D eigenvalue weighted by molar-refractivity contribution is 9.10. The Balaban J connectivity index is 2.08. The van der Waals surface area contributed by atoms with Gasteiger partial charge in [0.2, 0.25) is 0 Å². The molecule has 0 radical (unpaired) electrons. The molecule has 1 fully saturated rings. The van der Waals surface area contributed by atoms with Crippen molar-refractivity contribution in [1.29, 1.82) is 0 Å². The summed E-state index contributed by atoms with van der Waals surface area (Å²) >= 11 is 3.58. The lowest BCUT2D eigenvalue weighted by molar-refractivity contribution is 0.176. The van der Waals surface area contributed by atoms with Crippen LogP contribution in [0.3, 0.4) is 0 Å². The normalized spacial score (nSPS) is 22.2. The fraction of sp³-hybridized carbons (Fsp3) is 0.538. The fourth-order valence-corrected chi connectivity index (χ4v) is 2.90. The van der Waals surface area contributed by atoms with E-state index < -0.39 is 0 Å². The number of benzene rings is 1. The SMILES string of the molecule is CC1CCCN(Cc2c(N)cccc2Br)C1. The van der Waals surface area contributed by atoms with Gasteiger partial charge in [0.05, 0.1) is 0 Å². The zero-order valence-corrected chi connectivity index (χ0v) is 11.3. The second-order valence-corrected chi connectivity index (χ2v) is 5.64. The molecule has 88 valence electrons. The minimum absolute atomic E-state index is 0.817. The number of nitrogens with two attached hydrogens (primary N) is 1. The molecule has 0 amide bonds. The quantitative estimate of drug-likeness (QED) is 0.844. The van der Waals surface area contributed by atoms with Crippen LogP contribution in [0.25, 0.3) is 0 Å². The zero-order valence-electron chi connectivity index (χ0n) is 9.75. The van der Waals surface area contributed by atoms with E-state index in [0.29, 0.717) is 0 Å². The number of rotatable bonds is 2. The molecular weight excluding hydrogens is 264 g/mol. The summed E-state index contributed by atoms with van der Waals surface area (Å²) < 4.78 is 1.13. The first kappa shape index (κ1) is 11.9. The molecule has 1 heterocycles. The summed E-state index contributed by atoms with van der Waals surface area (Å²) in [6.45, 7) is 5.69. The van der Waals surface area contributed by atoms with E-state index in [1.807, 2.05) is 12.1 Å². The smallest absolute Gasteiger partial charge is 0.0371 e. The van der Waals surface area contributed by atoms with Gasteiger partial charge in [0.15, 0.2) is 0 Å². The highest BCUT2D eigenvalue weighted by Crippen LogP contribution is 2.26. The van der Waals surface area contributed by atoms with Crippen LogP contribution in [-0.2, 0) is 6.54 Å². The maximum atomic E-state index is 6.02. The molecule has 2 N–H and O–H groups in total. The summed E-state index contributed by atoms with van der Waals surface area (Å²) in [4.78, 5) is 2.50. The number of hydrogen-bond acceptors (Lipinski definition) is 2. The van der Waals surface area contributed by atoms with E-state index in [4.69, 9.17) is 5.73 Å². The average molecular weight is 283 g/mol. The van der Waals surface area contributed by atoms with E-state index in [1.54, 1.807) is 0 Å². The molecule has 1 atom stereocenters. The van der Waals surface area contributed by atoms with E-state index in [-0.39, 0.29) is 0 Å². The molecule has 0 aromatic heterocycles. The van der Waals surface area contributed by atoms with E-state index in [9.17, 15) is 0 Å². The molecule has 1 saturated heterocycles. The maximum Gasteiger partial charge on any atom is 0.0371 e. The lowest BCUT2D eigenvalue weighted by Crippen LogP contribution is -2.34. The van der Waals surface area contributed by atoms with Crippen LogP contribution >= 0.6 is 15.9 Å². The van der Waals surface area contributed by atoms with Crippen molar-refractivity contribution < 1.29 is 0 Å². The third-order valence-electron chi connectivity index (χ3n) is 3.28. The molecule has 0 saturated carbocycles. The first-order valence-electron chi connectivity index (χ1n) is 5.92. The minimum Gasteiger partial charge on any atom is -0.398 e. The predicted molar refractivity (Wildman–Crippen MR) is 72.2 cm³/mol. The predicted octanol–water partition coefficient (Wildman–Crippen LogP) is 3.26. The van der Waals surface area contributed by atoms with Crippen molar-refractivity contribution in [2.45, 2.75) is 26.3 Å². The number of anilines is 1. The maximum absolute atomic E-state index is 6.02. The van der Waals surface area contributed by atoms with Crippen molar-refractivity contribution in [3.63, 3.8) is 0 Å². The standard InChI is InChI=1S/C13H19BrN2/c1-10-4-3-7-16(8-10)9-11-12(14)5-2-6-13(11)15/h2,5-6,10H,3-4,7-9,15H2,1H3. The Hall–Kier alpha value is -0.540. The highest BCUT2D eigenvalue weighted by Gasteiger charge is 2.17. The summed E-state index contributed by atoms with van der Waals surface area (Å²) in [5.41, 5.74) is 8.15. The lowest BCUT2D eigenvalue weighted by atomic mass is 9.99. The number of halogens is 1. The van der Waals surface area contributed by atoms with Gasteiger partial charge in [-0.2, -0.15) is 0 Å². The Labute approximate surface area is 106 Å².